The number of fused-ring (bicyclic) bond motifs is 1. The lowest BCUT2D eigenvalue weighted by Crippen LogP contribution is -2.18. The lowest BCUT2D eigenvalue weighted by atomic mass is 9.96. The van der Waals surface area contributed by atoms with Crippen molar-refractivity contribution in [2.24, 2.45) is 11.7 Å². The third kappa shape index (κ3) is 2.37. The standard InChI is InChI=1S/C15H21NO/c1-4-6-10(2)14(16)13-9-12-8-5-7-11(3)15(12)17-13/h5,7-10,14H,4,6,16H2,1-3H3. The van der Waals surface area contributed by atoms with E-state index in [4.69, 9.17) is 10.2 Å². The predicted molar refractivity (Wildman–Crippen MR) is 72.0 cm³/mol. The predicted octanol–water partition coefficient (Wildman–Crippen LogP) is 4.18. The monoisotopic (exact) mass is 231 g/mol. The lowest BCUT2D eigenvalue weighted by molar-refractivity contribution is 0.375. The molecule has 92 valence electrons. The molecular formula is C15H21NO. The molecule has 1 heterocycles. The summed E-state index contributed by atoms with van der Waals surface area (Å²) in [6.45, 7) is 6.44. The van der Waals surface area contributed by atoms with Crippen molar-refractivity contribution in [3.05, 3.63) is 35.6 Å². The Labute approximate surface area is 103 Å². The zero-order valence-electron chi connectivity index (χ0n) is 10.9. The van der Waals surface area contributed by atoms with E-state index in [1.807, 2.05) is 0 Å². The number of nitrogens with two attached hydrogens (primary N) is 1. The van der Waals surface area contributed by atoms with Crippen LogP contribution >= 0.6 is 0 Å². The van der Waals surface area contributed by atoms with Crippen molar-refractivity contribution in [3.63, 3.8) is 0 Å². The molecule has 0 aliphatic rings. The summed E-state index contributed by atoms with van der Waals surface area (Å²) >= 11 is 0. The fraction of sp³-hybridized carbons (Fsp3) is 0.467. The van der Waals surface area contributed by atoms with Gasteiger partial charge in [0.05, 0.1) is 6.04 Å². The Kier molecular flexibility index (Phi) is 3.53. The lowest BCUT2D eigenvalue weighted by Gasteiger charge is -2.16. The van der Waals surface area contributed by atoms with E-state index in [1.165, 1.54) is 5.56 Å². The van der Waals surface area contributed by atoms with Gasteiger partial charge in [0.25, 0.3) is 0 Å². The van der Waals surface area contributed by atoms with Crippen molar-refractivity contribution in [1.82, 2.24) is 0 Å². The minimum atomic E-state index is 0.00162. The van der Waals surface area contributed by atoms with Crippen molar-refractivity contribution >= 4 is 11.0 Å². The quantitative estimate of drug-likeness (QED) is 0.857. The average molecular weight is 231 g/mol. The fourth-order valence-electron chi connectivity index (χ4n) is 2.31. The summed E-state index contributed by atoms with van der Waals surface area (Å²) in [5, 5.41) is 1.15. The van der Waals surface area contributed by atoms with Gasteiger partial charge < -0.3 is 10.2 Å². The first-order valence-corrected chi connectivity index (χ1v) is 6.38. The van der Waals surface area contributed by atoms with Gasteiger partial charge in [-0.2, -0.15) is 0 Å². The first kappa shape index (κ1) is 12.2. The zero-order chi connectivity index (χ0) is 12.4. The molecule has 0 fully saturated rings. The molecule has 2 unspecified atom stereocenters. The number of benzene rings is 1. The number of hydrogen-bond acceptors (Lipinski definition) is 2. The number of furan rings is 1. The Morgan fingerprint density at radius 1 is 1.35 bits per heavy atom. The molecule has 0 saturated carbocycles. The van der Waals surface area contributed by atoms with Crippen LogP contribution in [-0.4, -0.2) is 0 Å². The highest BCUT2D eigenvalue weighted by Crippen LogP contribution is 2.29. The van der Waals surface area contributed by atoms with Crippen LogP contribution in [0.3, 0.4) is 0 Å². The van der Waals surface area contributed by atoms with Gasteiger partial charge in [-0.1, -0.05) is 38.5 Å². The normalized spacial score (nSPS) is 15.1. The van der Waals surface area contributed by atoms with Crippen LogP contribution in [0.15, 0.2) is 28.7 Å². The molecule has 2 N–H and O–H groups in total. The molecule has 0 radical (unpaired) electrons. The van der Waals surface area contributed by atoms with E-state index in [2.05, 4.69) is 45.0 Å². The molecule has 17 heavy (non-hydrogen) atoms. The Bertz CT molecular complexity index is 501. The van der Waals surface area contributed by atoms with Gasteiger partial charge in [0.15, 0.2) is 0 Å². The van der Waals surface area contributed by atoms with E-state index in [-0.39, 0.29) is 6.04 Å². The molecule has 2 nitrogen and oxygen atoms in total. The van der Waals surface area contributed by atoms with Crippen LogP contribution in [0.5, 0.6) is 0 Å². The maximum Gasteiger partial charge on any atom is 0.137 e. The molecule has 2 atom stereocenters. The van der Waals surface area contributed by atoms with Crippen LogP contribution in [0.2, 0.25) is 0 Å². The molecule has 0 amide bonds. The maximum absolute atomic E-state index is 6.24. The maximum atomic E-state index is 6.24. The molecule has 0 aliphatic heterocycles. The summed E-state index contributed by atoms with van der Waals surface area (Å²) in [6.07, 6.45) is 2.30. The van der Waals surface area contributed by atoms with Crippen molar-refractivity contribution < 1.29 is 4.42 Å². The summed E-state index contributed by atoms with van der Waals surface area (Å²) in [6, 6.07) is 8.28. The van der Waals surface area contributed by atoms with E-state index in [0.717, 1.165) is 29.6 Å². The molecule has 2 heteroatoms. The third-order valence-electron chi connectivity index (χ3n) is 3.45. The minimum Gasteiger partial charge on any atom is -0.459 e. The van der Waals surface area contributed by atoms with E-state index in [0.29, 0.717) is 5.92 Å². The highest BCUT2D eigenvalue weighted by molar-refractivity contribution is 5.80. The van der Waals surface area contributed by atoms with Crippen molar-refractivity contribution in [1.29, 1.82) is 0 Å². The van der Waals surface area contributed by atoms with Crippen LogP contribution in [0.25, 0.3) is 11.0 Å². The minimum absolute atomic E-state index is 0.00162. The van der Waals surface area contributed by atoms with Crippen LogP contribution in [-0.2, 0) is 0 Å². The van der Waals surface area contributed by atoms with E-state index in [9.17, 15) is 0 Å². The number of rotatable bonds is 4. The first-order valence-electron chi connectivity index (χ1n) is 6.38. The number of para-hydroxylation sites is 1. The first-order chi connectivity index (χ1) is 8.13. The van der Waals surface area contributed by atoms with Gasteiger partial charge in [-0.25, -0.2) is 0 Å². The summed E-state index contributed by atoms with van der Waals surface area (Å²) in [7, 11) is 0. The van der Waals surface area contributed by atoms with Crippen molar-refractivity contribution in [3.8, 4) is 0 Å². The largest absolute Gasteiger partial charge is 0.459 e. The second-order valence-corrected chi connectivity index (χ2v) is 4.93. The van der Waals surface area contributed by atoms with Gasteiger partial charge in [-0.15, -0.1) is 0 Å². The van der Waals surface area contributed by atoms with Gasteiger partial charge in [0.2, 0.25) is 0 Å². The average Bonchev–Trinajstić information content (AvgIpc) is 2.73. The molecule has 0 aliphatic carbocycles. The molecule has 0 spiro atoms. The highest BCUT2D eigenvalue weighted by atomic mass is 16.3. The van der Waals surface area contributed by atoms with Crippen LogP contribution < -0.4 is 5.73 Å². The topological polar surface area (TPSA) is 39.2 Å². The zero-order valence-corrected chi connectivity index (χ0v) is 10.9. The van der Waals surface area contributed by atoms with Gasteiger partial charge in [-0.3, -0.25) is 0 Å². The highest BCUT2D eigenvalue weighted by Gasteiger charge is 2.18. The summed E-state index contributed by atoms with van der Waals surface area (Å²) < 4.78 is 5.90. The smallest absolute Gasteiger partial charge is 0.137 e. The van der Waals surface area contributed by atoms with E-state index in [1.54, 1.807) is 0 Å². The van der Waals surface area contributed by atoms with Gasteiger partial charge in [0, 0.05) is 5.39 Å². The molecule has 0 bridgehead atoms. The fourth-order valence-corrected chi connectivity index (χ4v) is 2.31. The second-order valence-electron chi connectivity index (χ2n) is 4.93. The molecule has 1 aromatic heterocycles. The third-order valence-corrected chi connectivity index (χ3v) is 3.45. The van der Waals surface area contributed by atoms with Gasteiger partial charge >= 0.3 is 0 Å². The van der Waals surface area contributed by atoms with Crippen LogP contribution in [0.4, 0.5) is 0 Å². The van der Waals surface area contributed by atoms with Gasteiger partial charge in [-0.05, 0) is 30.9 Å². The van der Waals surface area contributed by atoms with Gasteiger partial charge in [0.1, 0.15) is 11.3 Å². The van der Waals surface area contributed by atoms with E-state index < -0.39 is 0 Å². The Hall–Kier alpha value is -1.28. The summed E-state index contributed by atoms with van der Waals surface area (Å²) in [5.74, 6) is 1.37. The number of aryl methyl sites for hydroxylation is 1. The number of hydrogen-bond donors (Lipinski definition) is 1. The molecule has 2 aromatic rings. The summed E-state index contributed by atoms with van der Waals surface area (Å²) in [4.78, 5) is 0. The van der Waals surface area contributed by atoms with Crippen molar-refractivity contribution in [2.45, 2.75) is 39.7 Å². The van der Waals surface area contributed by atoms with E-state index >= 15 is 0 Å². The SMILES string of the molecule is CCCC(C)C(N)c1cc2cccc(C)c2o1. The summed E-state index contributed by atoms with van der Waals surface area (Å²) in [5.41, 5.74) is 8.39. The Morgan fingerprint density at radius 2 is 2.12 bits per heavy atom. The Balaban J connectivity index is 2.33. The van der Waals surface area contributed by atoms with Crippen molar-refractivity contribution in [2.75, 3.05) is 0 Å². The van der Waals surface area contributed by atoms with Crippen LogP contribution in [0, 0.1) is 12.8 Å². The van der Waals surface area contributed by atoms with Crippen LogP contribution in [0.1, 0.15) is 44.1 Å². The molecule has 1 aromatic carbocycles. The molecule has 0 saturated heterocycles. The Morgan fingerprint density at radius 3 is 2.76 bits per heavy atom. The molecule has 2 rings (SSSR count). The molecular weight excluding hydrogens is 210 g/mol. The second kappa shape index (κ2) is 4.92.